The highest BCUT2D eigenvalue weighted by atomic mass is 16.5. The van der Waals surface area contributed by atoms with E-state index in [9.17, 15) is 4.79 Å². The molecule has 0 bridgehead atoms. The third-order valence-electron chi connectivity index (χ3n) is 3.49. The molecule has 0 fully saturated rings. The molecule has 2 unspecified atom stereocenters. The van der Waals surface area contributed by atoms with Crippen LogP contribution < -0.4 is 10.1 Å². The predicted octanol–water partition coefficient (Wildman–Crippen LogP) is 3.66. The molecule has 0 saturated carbocycles. The van der Waals surface area contributed by atoms with Gasteiger partial charge in [-0.15, -0.1) is 0 Å². The molecule has 1 N–H and O–H groups in total. The molecular weight excluding hydrogens is 250 g/mol. The van der Waals surface area contributed by atoms with Gasteiger partial charge in [0.1, 0.15) is 5.75 Å². The lowest BCUT2D eigenvalue weighted by Gasteiger charge is -2.22. The Bertz CT molecular complexity index is 425. The smallest absolute Gasteiger partial charge is 0.243 e. The molecule has 3 heteroatoms. The van der Waals surface area contributed by atoms with Gasteiger partial charge in [-0.2, -0.15) is 0 Å². The van der Waals surface area contributed by atoms with Crippen molar-refractivity contribution in [2.45, 2.75) is 45.1 Å². The summed E-state index contributed by atoms with van der Waals surface area (Å²) < 4.78 is 5.17. The first-order valence-electron chi connectivity index (χ1n) is 7.17. The summed E-state index contributed by atoms with van der Waals surface area (Å²) in [5, 5.41) is 3.01. The number of benzene rings is 1. The zero-order chi connectivity index (χ0) is 15.0. The summed E-state index contributed by atoms with van der Waals surface area (Å²) in [4.78, 5) is 11.5. The minimum absolute atomic E-state index is 0.0922. The van der Waals surface area contributed by atoms with Crippen molar-refractivity contribution < 1.29 is 9.53 Å². The summed E-state index contributed by atoms with van der Waals surface area (Å²) in [5.74, 6) is 1.17. The first-order valence-corrected chi connectivity index (χ1v) is 7.17. The summed E-state index contributed by atoms with van der Waals surface area (Å²) in [7, 11) is 1.67. The fourth-order valence-corrected chi connectivity index (χ4v) is 2.35. The topological polar surface area (TPSA) is 38.3 Å². The van der Waals surface area contributed by atoms with Crippen molar-refractivity contribution in [1.29, 1.82) is 0 Å². The minimum Gasteiger partial charge on any atom is -0.497 e. The molecule has 0 aliphatic rings. The van der Waals surface area contributed by atoms with Gasteiger partial charge in [0.2, 0.25) is 5.91 Å². The van der Waals surface area contributed by atoms with Crippen molar-refractivity contribution in [1.82, 2.24) is 5.32 Å². The summed E-state index contributed by atoms with van der Waals surface area (Å²) >= 11 is 0. The van der Waals surface area contributed by atoms with E-state index in [0.717, 1.165) is 25.0 Å². The van der Waals surface area contributed by atoms with Gasteiger partial charge in [0.15, 0.2) is 0 Å². The van der Waals surface area contributed by atoms with Crippen LogP contribution in [0.15, 0.2) is 36.9 Å². The van der Waals surface area contributed by atoms with Gasteiger partial charge in [-0.25, -0.2) is 0 Å². The van der Waals surface area contributed by atoms with E-state index in [1.54, 1.807) is 7.11 Å². The normalized spacial score (nSPS) is 13.3. The Morgan fingerprint density at radius 3 is 2.55 bits per heavy atom. The molecule has 1 rings (SSSR count). The lowest BCUT2D eigenvalue weighted by atomic mass is 9.92. The van der Waals surface area contributed by atoms with Gasteiger partial charge in [0.05, 0.1) is 7.11 Å². The Kier molecular flexibility index (Phi) is 6.85. The molecule has 3 nitrogen and oxygen atoms in total. The van der Waals surface area contributed by atoms with E-state index in [4.69, 9.17) is 4.74 Å². The zero-order valence-electron chi connectivity index (χ0n) is 12.7. The molecule has 0 aromatic heterocycles. The molecule has 0 spiro atoms. The van der Waals surface area contributed by atoms with E-state index in [1.165, 1.54) is 11.6 Å². The standard InChI is InChI=1S/C17H25NO2/c1-5-7-15(18-17(19)6-2)12-13(3)14-8-10-16(20-4)11-9-14/h6,8-11,13,15H,2,5,7,12H2,1,3-4H3,(H,18,19). The highest BCUT2D eigenvalue weighted by Gasteiger charge is 2.15. The number of carbonyl (C=O) groups excluding carboxylic acids is 1. The number of methoxy groups -OCH3 is 1. The Morgan fingerprint density at radius 1 is 1.40 bits per heavy atom. The number of amides is 1. The van der Waals surface area contributed by atoms with E-state index in [1.807, 2.05) is 12.1 Å². The third-order valence-corrected chi connectivity index (χ3v) is 3.49. The molecule has 1 amide bonds. The highest BCUT2D eigenvalue weighted by molar-refractivity contribution is 5.87. The summed E-state index contributed by atoms with van der Waals surface area (Å²) in [6.45, 7) is 7.82. The Hall–Kier alpha value is -1.77. The molecule has 0 saturated heterocycles. The molecule has 110 valence electrons. The minimum atomic E-state index is -0.0922. The van der Waals surface area contributed by atoms with Crippen LogP contribution >= 0.6 is 0 Å². The van der Waals surface area contributed by atoms with Crippen molar-refractivity contribution in [3.05, 3.63) is 42.5 Å². The maximum atomic E-state index is 11.5. The second kappa shape index (κ2) is 8.41. The van der Waals surface area contributed by atoms with Crippen LogP contribution in [-0.2, 0) is 4.79 Å². The number of ether oxygens (including phenoxy) is 1. The third kappa shape index (κ3) is 5.08. The molecular formula is C17H25NO2. The fraction of sp³-hybridized carbons (Fsp3) is 0.471. The molecule has 0 heterocycles. The predicted molar refractivity (Wildman–Crippen MR) is 83.1 cm³/mol. The molecule has 1 aromatic carbocycles. The van der Waals surface area contributed by atoms with E-state index in [0.29, 0.717) is 5.92 Å². The first-order chi connectivity index (χ1) is 9.60. The molecule has 2 atom stereocenters. The van der Waals surface area contributed by atoms with Crippen LogP contribution in [0.3, 0.4) is 0 Å². The average molecular weight is 275 g/mol. The van der Waals surface area contributed by atoms with Gasteiger partial charge in [0.25, 0.3) is 0 Å². The van der Waals surface area contributed by atoms with Crippen LogP contribution in [-0.4, -0.2) is 19.1 Å². The lowest BCUT2D eigenvalue weighted by molar-refractivity contribution is -0.117. The van der Waals surface area contributed by atoms with Gasteiger partial charge in [-0.3, -0.25) is 4.79 Å². The zero-order valence-corrected chi connectivity index (χ0v) is 12.7. The summed E-state index contributed by atoms with van der Waals surface area (Å²) in [6, 6.07) is 8.32. The number of hydrogen-bond donors (Lipinski definition) is 1. The van der Waals surface area contributed by atoms with Crippen molar-refractivity contribution >= 4 is 5.91 Å². The molecule has 20 heavy (non-hydrogen) atoms. The Morgan fingerprint density at radius 2 is 2.05 bits per heavy atom. The number of hydrogen-bond acceptors (Lipinski definition) is 2. The van der Waals surface area contributed by atoms with Crippen LogP contribution in [0, 0.1) is 0 Å². The quantitative estimate of drug-likeness (QED) is 0.735. The Labute approximate surface area is 122 Å². The molecule has 0 aliphatic heterocycles. The maximum Gasteiger partial charge on any atom is 0.243 e. The van der Waals surface area contributed by atoms with Crippen LogP contribution in [0.2, 0.25) is 0 Å². The van der Waals surface area contributed by atoms with Gasteiger partial charge in [0, 0.05) is 6.04 Å². The SMILES string of the molecule is C=CC(=O)NC(CCC)CC(C)c1ccc(OC)cc1. The van der Waals surface area contributed by atoms with Gasteiger partial charge in [-0.1, -0.05) is 39.0 Å². The lowest BCUT2D eigenvalue weighted by Crippen LogP contribution is -2.34. The van der Waals surface area contributed by atoms with Crippen LogP contribution in [0.25, 0.3) is 0 Å². The van der Waals surface area contributed by atoms with Crippen LogP contribution in [0.5, 0.6) is 5.75 Å². The van der Waals surface area contributed by atoms with Crippen molar-refractivity contribution in [2.24, 2.45) is 0 Å². The van der Waals surface area contributed by atoms with Gasteiger partial charge in [-0.05, 0) is 42.5 Å². The van der Waals surface area contributed by atoms with E-state index < -0.39 is 0 Å². The van der Waals surface area contributed by atoms with Crippen LogP contribution in [0.1, 0.15) is 44.6 Å². The molecule has 0 radical (unpaired) electrons. The van der Waals surface area contributed by atoms with E-state index in [-0.39, 0.29) is 11.9 Å². The second-order valence-electron chi connectivity index (χ2n) is 5.11. The van der Waals surface area contributed by atoms with Crippen molar-refractivity contribution in [2.75, 3.05) is 7.11 Å². The Balaban J connectivity index is 2.65. The summed E-state index contributed by atoms with van der Waals surface area (Å²) in [5.41, 5.74) is 1.26. The van der Waals surface area contributed by atoms with Gasteiger partial charge >= 0.3 is 0 Å². The average Bonchev–Trinajstić information content (AvgIpc) is 2.47. The fourth-order valence-electron chi connectivity index (χ4n) is 2.35. The largest absolute Gasteiger partial charge is 0.497 e. The number of rotatable bonds is 8. The summed E-state index contributed by atoms with van der Waals surface area (Å²) in [6.07, 6.45) is 4.30. The molecule has 1 aromatic rings. The van der Waals surface area contributed by atoms with E-state index >= 15 is 0 Å². The number of carbonyl (C=O) groups is 1. The maximum absolute atomic E-state index is 11.5. The monoisotopic (exact) mass is 275 g/mol. The van der Waals surface area contributed by atoms with E-state index in [2.05, 4.69) is 37.9 Å². The number of nitrogens with one attached hydrogen (secondary N) is 1. The molecule has 0 aliphatic carbocycles. The first kappa shape index (κ1) is 16.3. The van der Waals surface area contributed by atoms with Gasteiger partial charge < -0.3 is 10.1 Å². The second-order valence-corrected chi connectivity index (χ2v) is 5.11. The highest BCUT2D eigenvalue weighted by Crippen LogP contribution is 2.24. The van der Waals surface area contributed by atoms with Crippen molar-refractivity contribution in [3.63, 3.8) is 0 Å². The van der Waals surface area contributed by atoms with Crippen LogP contribution in [0.4, 0.5) is 0 Å². The van der Waals surface area contributed by atoms with Crippen molar-refractivity contribution in [3.8, 4) is 5.75 Å².